The predicted octanol–water partition coefficient (Wildman–Crippen LogP) is 2.50. The number of carbonyl (C=O) groups excluding carboxylic acids is 1. The lowest BCUT2D eigenvalue weighted by Crippen LogP contribution is -2.08. The van der Waals surface area contributed by atoms with Gasteiger partial charge in [-0.2, -0.15) is 5.10 Å². The SMILES string of the molecule is CCCCn1cc(-c2cc(C(=O)OCC)cc(-n3cccn3)n2)nn1. The third-order valence-electron chi connectivity index (χ3n) is 3.60. The van der Waals surface area contributed by atoms with E-state index in [1.54, 1.807) is 46.9 Å². The number of carbonyl (C=O) groups is 1. The molecule has 3 aromatic rings. The molecule has 0 aliphatic heterocycles. The van der Waals surface area contributed by atoms with Crippen molar-refractivity contribution in [3.63, 3.8) is 0 Å². The molecule has 25 heavy (non-hydrogen) atoms. The molecule has 0 aliphatic rings. The molecule has 0 spiro atoms. The van der Waals surface area contributed by atoms with Crippen LogP contribution in [0.3, 0.4) is 0 Å². The summed E-state index contributed by atoms with van der Waals surface area (Å²) < 4.78 is 8.49. The number of hydrogen-bond acceptors (Lipinski definition) is 6. The molecule has 0 fully saturated rings. The van der Waals surface area contributed by atoms with Gasteiger partial charge in [0.2, 0.25) is 0 Å². The third kappa shape index (κ3) is 3.90. The number of ether oxygens (including phenoxy) is 1. The van der Waals surface area contributed by atoms with Crippen molar-refractivity contribution >= 4 is 5.97 Å². The van der Waals surface area contributed by atoms with Crippen LogP contribution in [0, 0.1) is 0 Å². The van der Waals surface area contributed by atoms with Crippen LogP contribution >= 0.6 is 0 Å². The standard InChI is InChI=1S/C17H20N6O2/c1-3-5-8-22-12-15(20-21-22)14-10-13(17(24)25-4-2)11-16(19-14)23-9-6-7-18-23/h6-7,9-12H,3-5,8H2,1-2H3. The minimum Gasteiger partial charge on any atom is -0.462 e. The zero-order valence-corrected chi connectivity index (χ0v) is 14.3. The number of pyridine rings is 1. The van der Waals surface area contributed by atoms with E-state index in [1.165, 1.54) is 0 Å². The number of rotatable bonds is 7. The van der Waals surface area contributed by atoms with Crippen molar-refractivity contribution in [2.45, 2.75) is 33.2 Å². The van der Waals surface area contributed by atoms with Crippen LogP contribution in [-0.4, -0.2) is 42.3 Å². The number of aryl methyl sites for hydroxylation is 1. The molecule has 0 radical (unpaired) electrons. The Morgan fingerprint density at radius 1 is 1.24 bits per heavy atom. The van der Waals surface area contributed by atoms with Gasteiger partial charge in [0.1, 0.15) is 5.69 Å². The highest BCUT2D eigenvalue weighted by Gasteiger charge is 2.15. The van der Waals surface area contributed by atoms with E-state index >= 15 is 0 Å². The molecule has 3 aromatic heterocycles. The zero-order chi connectivity index (χ0) is 17.6. The van der Waals surface area contributed by atoms with Gasteiger partial charge in [-0.3, -0.25) is 4.68 Å². The average molecular weight is 340 g/mol. The minimum atomic E-state index is -0.405. The van der Waals surface area contributed by atoms with E-state index in [9.17, 15) is 4.79 Å². The van der Waals surface area contributed by atoms with Crippen LogP contribution in [-0.2, 0) is 11.3 Å². The molecule has 0 atom stereocenters. The van der Waals surface area contributed by atoms with Crippen LogP contribution in [0.1, 0.15) is 37.0 Å². The van der Waals surface area contributed by atoms with Crippen molar-refractivity contribution in [1.82, 2.24) is 29.8 Å². The van der Waals surface area contributed by atoms with E-state index in [2.05, 4.69) is 27.3 Å². The Hall–Kier alpha value is -3.03. The van der Waals surface area contributed by atoms with Crippen molar-refractivity contribution < 1.29 is 9.53 Å². The number of nitrogens with zero attached hydrogens (tertiary/aromatic N) is 6. The summed E-state index contributed by atoms with van der Waals surface area (Å²) in [5.41, 5.74) is 1.56. The van der Waals surface area contributed by atoms with Crippen LogP contribution in [0.2, 0.25) is 0 Å². The quantitative estimate of drug-likeness (QED) is 0.614. The molecule has 3 rings (SSSR count). The largest absolute Gasteiger partial charge is 0.462 e. The number of unbranched alkanes of at least 4 members (excludes halogenated alkanes) is 1. The van der Waals surface area contributed by atoms with Gasteiger partial charge in [-0.1, -0.05) is 18.6 Å². The molecule has 0 saturated heterocycles. The van der Waals surface area contributed by atoms with Gasteiger partial charge in [0.05, 0.1) is 24.1 Å². The van der Waals surface area contributed by atoms with Gasteiger partial charge in [0.25, 0.3) is 0 Å². The molecule has 0 unspecified atom stereocenters. The second kappa shape index (κ2) is 7.69. The van der Waals surface area contributed by atoms with Crippen LogP contribution in [0.5, 0.6) is 0 Å². The Bertz CT molecular complexity index is 841. The van der Waals surface area contributed by atoms with Crippen molar-refractivity contribution in [2.24, 2.45) is 0 Å². The summed E-state index contributed by atoms with van der Waals surface area (Å²) in [6.45, 7) is 5.00. The van der Waals surface area contributed by atoms with Crippen molar-refractivity contribution in [3.05, 3.63) is 42.4 Å². The minimum absolute atomic E-state index is 0.306. The van der Waals surface area contributed by atoms with E-state index in [-0.39, 0.29) is 0 Å². The molecule has 0 aromatic carbocycles. The molecule has 0 bridgehead atoms. The van der Waals surface area contributed by atoms with Gasteiger partial charge >= 0.3 is 5.97 Å². The van der Waals surface area contributed by atoms with Gasteiger partial charge in [-0.15, -0.1) is 5.10 Å². The van der Waals surface area contributed by atoms with Crippen molar-refractivity contribution in [3.8, 4) is 17.2 Å². The van der Waals surface area contributed by atoms with Crippen LogP contribution < -0.4 is 0 Å². The van der Waals surface area contributed by atoms with E-state index < -0.39 is 5.97 Å². The second-order valence-electron chi connectivity index (χ2n) is 5.49. The smallest absolute Gasteiger partial charge is 0.338 e. The zero-order valence-electron chi connectivity index (χ0n) is 14.3. The van der Waals surface area contributed by atoms with Gasteiger partial charge in [-0.05, 0) is 31.5 Å². The molecule has 0 N–H and O–H groups in total. The van der Waals surface area contributed by atoms with Gasteiger partial charge in [-0.25, -0.2) is 14.5 Å². The van der Waals surface area contributed by atoms with Crippen LogP contribution in [0.25, 0.3) is 17.2 Å². The van der Waals surface area contributed by atoms with Crippen LogP contribution in [0.15, 0.2) is 36.8 Å². The molecule has 130 valence electrons. The summed E-state index contributed by atoms with van der Waals surface area (Å²) in [4.78, 5) is 16.7. The fourth-order valence-corrected chi connectivity index (χ4v) is 2.35. The summed E-state index contributed by atoms with van der Waals surface area (Å²) in [6, 6.07) is 5.11. The lowest BCUT2D eigenvalue weighted by molar-refractivity contribution is 0.0526. The molecule has 8 heteroatoms. The maximum Gasteiger partial charge on any atom is 0.338 e. The predicted molar refractivity (Wildman–Crippen MR) is 91.2 cm³/mol. The van der Waals surface area contributed by atoms with E-state index in [4.69, 9.17) is 4.74 Å². The first-order valence-corrected chi connectivity index (χ1v) is 8.31. The summed E-state index contributed by atoms with van der Waals surface area (Å²) in [7, 11) is 0. The highest BCUT2D eigenvalue weighted by atomic mass is 16.5. The summed E-state index contributed by atoms with van der Waals surface area (Å²) in [5, 5.41) is 12.5. The number of hydrogen-bond donors (Lipinski definition) is 0. The second-order valence-corrected chi connectivity index (χ2v) is 5.49. The summed E-state index contributed by atoms with van der Waals surface area (Å²) in [5.74, 6) is 0.117. The molecular weight excluding hydrogens is 320 g/mol. The average Bonchev–Trinajstić information content (AvgIpc) is 3.31. The topological polar surface area (TPSA) is 87.7 Å². The lowest BCUT2D eigenvalue weighted by Gasteiger charge is -2.07. The Balaban J connectivity index is 2.00. The Morgan fingerprint density at radius 2 is 2.12 bits per heavy atom. The fraction of sp³-hybridized carbons (Fsp3) is 0.353. The molecular formula is C17H20N6O2. The third-order valence-corrected chi connectivity index (χ3v) is 3.60. The maximum atomic E-state index is 12.2. The first-order valence-electron chi connectivity index (χ1n) is 8.31. The van der Waals surface area contributed by atoms with E-state index in [1.807, 2.05) is 6.20 Å². The van der Waals surface area contributed by atoms with Gasteiger partial charge < -0.3 is 4.74 Å². The van der Waals surface area contributed by atoms with Crippen molar-refractivity contribution in [1.29, 1.82) is 0 Å². The lowest BCUT2D eigenvalue weighted by atomic mass is 10.2. The number of esters is 1. The van der Waals surface area contributed by atoms with E-state index in [0.717, 1.165) is 19.4 Å². The molecule has 3 heterocycles. The van der Waals surface area contributed by atoms with E-state index in [0.29, 0.717) is 29.4 Å². The van der Waals surface area contributed by atoms with Gasteiger partial charge in [0.15, 0.2) is 5.82 Å². The number of aromatic nitrogens is 6. The monoisotopic (exact) mass is 340 g/mol. The van der Waals surface area contributed by atoms with Crippen molar-refractivity contribution in [2.75, 3.05) is 6.61 Å². The summed E-state index contributed by atoms with van der Waals surface area (Å²) >= 11 is 0. The first kappa shape index (κ1) is 16.8. The first-order chi connectivity index (χ1) is 12.2. The Kier molecular flexibility index (Phi) is 5.17. The highest BCUT2D eigenvalue weighted by Crippen LogP contribution is 2.19. The highest BCUT2D eigenvalue weighted by molar-refractivity contribution is 5.91. The molecule has 0 aliphatic carbocycles. The van der Waals surface area contributed by atoms with Gasteiger partial charge in [0, 0.05) is 18.9 Å². The molecule has 0 amide bonds. The Morgan fingerprint density at radius 3 is 2.84 bits per heavy atom. The fourth-order valence-electron chi connectivity index (χ4n) is 2.35. The summed E-state index contributed by atoms with van der Waals surface area (Å²) in [6.07, 6.45) is 7.35. The molecule has 8 nitrogen and oxygen atoms in total. The Labute approximate surface area is 145 Å². The maximum absolute atomic E-state index is 12.2. The molecule has 0 saturated carbocycles. The normalized spacial score (nSPS) is 10.8. The van der Waals surface area contributed by atoms with Crippen LogP contribution in [0.4, 0.5) is 0 Å².